The first-order chi connectivity index (χ1) is 15.9. The Kier molecular flexibility index (Phi) is 6.54. The van der Waals surface area contributed by atoms with E-state index in [4.69, 9.17) is 4.74 Å². The van der Waals surface area contributed by atoms with Crippen molar-refractivity contribution >= 4 is 34.5 Å². The number of carbonyl (C=O) groups excluding carboxylic acids is 2. The number of aromatic nitrogens is 4. The Morgan fingerprint density at radius 2 is 1.88 bits per heavy atom. The molecule has 12 nitrogen and oxygen atoms in total. The number of imidazole rings is 1. The van der Waals surface area contributed by atoms with Gasteiger partial charge in [-0.05, 0) is 37.1 Å². The molecule has 0 spiro atoms. The van der Waals surface area contributed by atoms with Crippen LogP contribution in [0.2, 0.25) is 0 Å². The summed E-state index contributed by atoms with van der Waals surface area (Å²) in [5.74, 6) is 0.189. The molecule has 5 N–H and O–H groups in total. The summed E-state index contributed by atoms with van der Waals surface area (Å²) < 4.78 is 6.70. The molecule has 1 fully saturated rings. The van der Waals surface area contributed by atoms with Crippen LogP contribution in [0.15, 0.2) is 33.9 Å². The first kappa shape index (κ1) is 22.3. The number of urea groups is 1. The molecule has 0 radical (unpaired) electrons. The van der Waals surface area contributed by atoms with Gasteiger partial charge in [-0.3, -0.25) is 19.1 Å². The van der Waals surface area contributed by atoms with Crippen molar-refractivity contribution in [2.24, 2.45) is 7.05 Å². The average molecular weight is 455 g/mol. The maximum atomic E-state index is 12.3. The summed E-state index contributed by atoms with van der Waals surface area (Å²) in [6.07, 6.45) is 2.42. The normalized spacial score (nSPS) is 15.5. The van der Waals surface area contributed by atoms with Gasteiger partial charge in [-0.25, -0.2) is 14.6 Å². The van der Waals surface area contributed by atoms with Crippen LogP contribution in [-0.2, 0) is 23.0 Å². The van der Waals surface area contributed by atoms with Gasteiger partial charge in [0.15, 0.2) is 5.65 Å². The summed E-state index contributed by atoms with van der Waals surface area (Å²) in [5, 5.41) is 8.29. The number of hydrogen-bond donors (Lipinski definition) is 5. The van der Waals surface area contributed by atoms with Gasteiger partial charge < -0.3 is 25.7 Å². The fourth-order valence-corrected chi connectivity index (χ4v) is 3.55. The second-order valence-corrected chi connectivity index (χ2v) is 7.80. The number of fused-ring (bicyclic) bond motifs is 1. The molecule has 0 aliphatic carbocycles. The first-order valence-electron chi connectivity index (χ1n) is 10.6. The lowest BCUT2D eigenvalue weighted by Gasteiger charge is -2.12. The third-order valence-electron chi connectivity index (χ3n) is 5.33. The van der Waals surface area contributed by atoms with E-state index in [0.717, 1.165) is 19.4 Å². The van der Waals surface area contributed by atoms with Crippen molar-refractivity contribution in [3.8, 4) is 0 Å². The lowest BCUT2D eigenvalue weighted by molar-refractivity contribution is -0.116. The van der Waals surface area contributed by atoms with E-state index >= 15 is 0 Å². The molecule has 3 heterocycles. The highest BCUT2D eigenvalue weighted by Gasteiger charge is 2.16. The summed E-state index contributed by atoms with van der Waals surface area (Å²) in [4.78, 5) is 57.1. The smallest absolute Gasteiger partial charge is 0.329 e. The van der Waals surface area contributed by atoms with Crippen molar-refractivity contribution in [1.82, 2.24) is 24.8 Å². The standard InChI is InChI=1S/C21H25N7O5/c1-28-18-17(19(30)27-21(28)32)25-15(26-18)8-9-16(29)23-12-4-6-13(7-5-12)24-20(31)22-11-14-3-2-10-33-14/h4-7,14H,2-3,8-11H2,1H3,(H,23,29)(H,25,26)(H2,22,24,31)(H,27,30,32). The van der Waals surface area contributed by atoms with E-state index in [1.807, 2.05) is 0 Å². The van der Waals surface area contributed by atoms with E-state index in [0.29, 0.717) is 23.7 Å². The summed E-state index contributed by atoms with van der Waals surface area (Å²) in [5.41, 5.74) is 0.495. The molecule has 0 saturated carbocycles. The van der Waals surface area contributed by atoms with E-state index in [1.54, 1.807) is 24.3 Å². The molecule has 0 bridgehead atoms. The van der Waals surface area contributed by atoms with Gasteiger partial charge in [0.1, 0.15) is 11.3 Å². The topological polar surface area (TPSA) is 163 Å². The number of nitrogens with zero attached hydrogens (tertiary/aromatic N) is 2. The third kappa shape index (κ3) is 5.47. The van der Waals surface area contributed by atoms with E-state index in [9.17, 15) is 19.2 Å². The highest BCUT2D eigenvalue weighted by molar-refractivity contribution is 5.92. The van der Waals surface area contributed by atoms with Crippen LogP contribution in [0.4, 0.5) is 16.2 Å². The van der Waals surface area contributed by atoms with Gasteiger partial charge >= 0.3 is 11.7 Å². The fraction of sp³-hybridized carbons (Fsp3) is 0.381. The van der Waals surface area contributed by atoms with E-state index in [1.165, 1.54) is 11.6 Å². The Morgan fingerprint density at radius 3 is 2.58 bits per heavy atom. The first-order valence-corrected chi connectivity index (χ1v) is 10.6. The van der Waals surface area contributed by atoms with Crippen molar-refractivity contribution in [3.05, 3.63) is 50.9 Å². The van der Waals surface area contributed by atoms with Crippen molar-refractivity contribution < 1.29 is 14.3 Å². The van der Waals surface area contributed by atoms with Crippen molar-refractivity contribution in [3.63, 3.8) is 0 Å². The minimum absolute atomic E-state index is 0.0699. The predicted octanol–water partition coefficient (Wildman–Crippen LogP) is 0.822. The van der Waals surface area contributed by atoms with Gasteiger partial charge in [0.2, 0.25) is 5.91 Å². The largest absolute Gasteiger partial charge is 0.376 e. The molecular weight excluding hydrogens is 430 g/mol. The Hall–Kier alpha value is -3.93. The van der Waals surface area contributed by atoms with E-state index in [2.05, 4.69) is 30.9 Å². The monoisotopic (exact) mass is 455 g/mol. The maximum Gasteiger partial charge on any atom is 0.329 e. The molecule has 2 aromatic heterocycles. The number of ether oxygens (including phenoxy) is 1. The molecular formula is C21H25N7O5. The number of H-pyrrole nitrogens is 2. The van der Waals surface area contributed by atoms with Gasteiger partial charge in [0.05, 0.1) is 6.10 Å². The van der Waals surface area contributed by atoms with E-state index < -0.39 is 11.2 Å². The van der Waals surface area contributed by atoms with Gasteiger partial charge in [-0.2, -0.15) is 0 Å². The van der Waals surface area contributed by atoms with Crippen LogP contribution in [-0.4, -0.2) is 50.7 Å². The van der Waals surface area contributed by atoms with E-state index in [-0.39, 0.29) is 42.0 Å². The minimum Gasteiger partial charge on any atom is -0.376 e. The molecule has 4 rings (SSSR count). The predicted molar refractivity (Wildman–Crippen MR) is 121 cm³/mol. The van der Waals surface area contributed by atoms with Crippen LogP contribution in [0.1, 0.15) is 25.1 Å². The zero-order valence-electron chi connectivity index (χ0n) is 18.1. The van der Waals surface area contributed by atoms with Crippen LogP contribution in [0.3, 0.4) is 0 Å². The number of amides is 3. The molecule has 3 amide bonds. The third-order valence-corrected chi connectivity index (χ3v) is 5.33. The molecule has 33 heavy (non-hydrogen) atoms. The Balaban J connectivity index is 1.26. The number of carbonyl (C=O) groups is 2. The second-order valence-electron chi connectivity index (χ2n) is 7.80. The summed E-state index contributed by atoms with van der Waals surface area (Å²) in [6, 6.07) is 6.43. The Morgan fingerprint density at radius 1 is 1.15 bits per heavy atom. The number of anilines is 2. The quantitative estimate of drug-likeness (QED) is 0.354. The van der Waals surface area contributed by atoms with Crippen LogP contribution < -0.4 is 27.2 Å². The zero-order chi connectivity index (χ0) is 23.4. The lowest BCUT2D eigenvalue weighted by atomic mass is 10.2. The van der Waals surface area contributed by atoms with Gasteiger partial charge in [0, 0.05) is 44.4 Å². The number of nitrogens with one attached hydrogen (secondary N) is 5. The molecule has 3 aromatic rings. The Labute approximate surface area is 187 Å². The number of hydrogen-bond acceptors (Lipinski definition) is 6. The van der Waals surface area contributed by atoms with Crippen LogP contribution >= 0.6 is 0 Å². The second kappa shape index (κ2) is 9.69. The van der Waals surface area contributed by atoms with Gasteiger partial charge in [0.25, 0.3) is 5.56 Å². The maximum absolute atomic E-state index is 12.3. The van der Waals surface area contributed by atoms with Crippen LogP contribution in [0.5, 0.6) is 0 Å². The molecule has 174 valence electrons. The summed E-state index contributed by atoms with van der Waals surface area (Å²) in [7, 11) is 1.50. The SMILES string of the molecule is Cn1c(=O)[nH]c(=O)c2[nH]c(CCC(=O)Nc3ccc(NC(=O)NCC4CCCO4)cc3)nc21. The molecule has 1 atom stereocenters. The summed E-state index contributed by atoms with van der Waals surface area (Å²) >= 11 is 0. The van der Waals surface area contributed by atoms with Gasteiger partial charge in [-0.1, -0.05) is 0 Å². The number of aryl methyl sites for hydroxylation is 2. The van der Waals surface area contributed by atoms with Gasteiger partial charge in [-0.15, -0.1) is 0 Å². The van der Waals surface area contributed by atoms with Crippen molar-refractivity contribution in [1.29, 1.82) is 0 Å². The Bertz CT molecular complexity index is 1270. The molecule has 1 saturated heterocycles. The molecule has 1 aliphatic rings. The minimum atomic E-state index is -0.554. The number of benzene rings is 1. The molecule has 1 aliphatic heterocycles. The fourth-order valence-electron chi connectivity index (χ4n) is 3.55. The highest BCUT2D eigenvalue weighted by atomic mass is 16.5. The zero-order valence-corrected chi connectivity index (χ0v) is 18.1. The number of rotatable bonds is 7. The van der Waals surface area contributed by atoms with Crippen LogP contribution in [0.25, 0.3) is 11.2 Å². The molecule has 12 heteroatoms. The molecule has 1 aromatic carbocycles. The highest BCUT2D eigenvalue weighted by Crippen LogP contribution is 2.15. The molecule has 1 unspecified atom stereocenters. The summed E-state index contributed by atoms with van der Waals surface area (Å²) in [6.45, 7) is 1.20. The van der Waals surface area contributed by atoms with Crippen molar-refractivity contribution in [2.75, 3.05) is 23.8 Å². The van der Waals surface area contributed by atoms with Crippen molar-refractivity contribution in [2.45, 2.75) is 31.8 Å². The average Bonchev–Trinajstić information content (AvgIpc) is 3.46. The van der Waals surface area contributed by atoms with Crippen LogP contribution in [0, 0.1) is 0 Å². The number of aromatic amines is 2. The lowest BCUT2D eigenvalue weighted by Crippen LogP contribution is -2.35.